The van der Waals surface area contributed by atoms with Gasteiger partial charge in [0.2, 0.25) is 19.7 Å². The lowest BCUT2D eigenvalue weighted by Crippen LogP contribution is -2.04. The Morgan fingerprint density at radius 1 is 0.242 bits per heavy atom. The number of ether oxygens (including phenoxy) is 10. The molecule has 0 saturated carbocycles. The third kappa shape index (κ3) is 16.2. The molecule has 0 radical (unpaired) electrons. The number of sulfone groups is 2. The van der Waals surface area contributed by atoms with E-state index >= 15 is 0 Å². The molecule has 0 saturated heterocycles. The summed E-state index contributed by atoms with van der Waals surface area (Å²) in [5, 5.41) is 27.7. The van der Waals surface area contributed by atoms with E-state index in [0.29, 0.717) is 74.6 Å². The first kappa shape index (κ1) is 66.0. The molecule has 3 N–H and O–H groups in total. The fourth-order valence-corrected chi connectivity index (χ4v) is 12.2. The largest absolute Gasteiger partial charge is 0.493 e. The first-order valence-electron chi connectivity index (χ1n) is 29.9. The SMILES string of the molecule is COc1ccc(S(=O)(=O)c2ccc(Oc3ccc(S(=O)(=O)c4ccc(C)c(Oc5ccc(Oc6ccc(Oc7ccc(C(=O)O)cc7)cc6)cc5)c4)cc3Oc3ccc(Oc4ccc(C(=O)O)cc4)cc3)cc2)cc1Oc1ccc(Oc2ccc(Oc3ccc(C(=O)O)cc3)cc2)cc1. The van der Waals surface area contributed by atoms with Gasteiger partial charge in [-0.2, -0.15) is 0 Å². The van der Waals surface area contributed by atoms with Crippen LogP contribution < -0.4 is 47.4 Å². The molecule has 0 aromatic heterocycles. The molecule has 12 rings (SSSR count). The summed E-state index contributed by atoms with van der Waals surface area (Å²) in [4.78, 5) is 33.3. The molecule has 0 amide bonds. The predicted octanol–water partition coefficient (Wildman–Crippen LogP) is 18.9. The highest BCUT2D eigenvalue weighted by atomic mass is 32.2. The zero-order chi connectivity index (χ0) is 69.2. The van der Waals surface area contributed by atoms with Crippen LogP contribution in [0.4, 0.5) is 0 Å². The molecular formula is C77H54O20S2. The Hall–Kier alpha value is -13.1. The van der Waals surface area contributed by atoms with Gasteiger partial charge in [-0.05, 0) is 261 Å². The number of rotatable bonds is 26. The highest BCUT2D eigenvalue weighted by Crippen LogP contribution is 2.42. The maximum atomic E-state index is 14.7. The van der Waals surface area contributed by atoms with Crippen molar-refractivity contribution in [1.29, 1.82) is 0 Å². The van der Waals surface area contributed by atoms with Crippen molar-refractivity contribution in [2.75, 3.05) is 7.11 Å². The second-order valence-corrected chi connectivity index (χ2v) is 25.5. The maximum absolute atomic E-state index is 14.7. The van der Waals surface area contributed by atoms with E-state index in [1.807, 2.05) is 0 Å². The molecule has 0 atom stereocenters. The van der Waals surface area contributed by atoms with E-state index in [0.717, 1.165) is 0 Å². The third-order valence-corrected chi connectivity index (χ3v) is 18.3. The lowest BCUT2D eigenvalue weighted by Gasteiger charge is -2.16. The summed E-state index contributed by atoms with van der Waals surface area (Å²) in [5.41, 5.74) is 1.01. The number of carboxylic acids is 3. The fraction of sp³-hybridized carbons (Fsp3) is 0.0260. The minimum Gasteiger partial charge on any atom is -0.493 e. The number of carboxylic acid groups (broad SMARTS) is 3. The first-order valence-corrected chi connectivity index (χ1v) is 32.9. The molecule has 0 spiro atoms. The monoisotopic (exact) mass is 1360 g/mol. The van der Waals surface area contributed by atoms with Gasteiger partial charge >= 0.3 is 17.9 Å². The van der Waals surface area contributed by atoms with Crippen LogP contribution in [-0.4, -0.2) is 57.2 Å². The average Bonchev–Trinajstić information content (AvgIpc) is 0.791. The number of hydrogen-bond acceptors (Lipinski definition) is 17. The molecule has 22 heteroatoms. The van der Waals surface area contributed by atoms with Gasteiger partial charge in [0.15, 0.2) is 23.0 Å². The Bertz CT molecular complexity index is 5150. The highest BCUT2D eigenvalue weighted by molar-refractivity contribution is 7.91. The van der Waals surface area contributed by atoms with Crippen molar-refractivity contribution in [1.82, 2.24) is 0 Å². The second kappa shape index (κ2) is 28.9. The first-order chi connectivity index (χ1) is 47.8. The molecule has 0 aliphatic rings. The molecule has 0 aliphatic heterocycles. The van der Waals surface area contributed by atoms with Crippen LogP contribution in [-0.2, 0) is 19.7 Å². The third-order valence-electron chi connectivity index (χ3n) is 14.8. The van der Waals surface area contributed by atoms with Gasteiger partial charge in [-0.1, -0.05) is 6.07 Å². The van der Waals surface area contributed by atoms with E-state index in [-0.39, 0.29) is 76.5 Å². The summed E-state index contributed by atoms with van der Waals surface area (Å²) >= 11 is 0. The van der Waals surface area contributed by atoms with E-state index in [1.54, 1.807) is 159 Å². The molecule has 0 fully saturated rings. The summed E-state index contributed by atoms with van der Waals surface area (Å²) in [7, 11) is -7.09. The van der Waals surface area contributed by atoms with Crippen molar-refractivity contribution in [3.63, 3.8) is 0 Å². The summed E-state index contributed by atoms with van der Waals surface area (Å²) in [6, 6.07) is 69.6. The second-order valence-electron chi connectivity index (χ2n) is 21.6. The van der Waals surface area contributed by atoms with E-state index in [1.165, 1.54) is 128 Å². The van der Waals surface area contributed by atoms with Crippen LogP contribution in [0.15, 0.2) is 293 Å². The fourth-order valence-electron chi connectivity index (χ4n) is 9.60. The molecule has 0 unspecified atom stereocenters. The van der Waals surface area contributed by atoms with E-state index < -0.39 is 37.6 Å². The van der Waals surface area contributed by atoms with Gasteiger partial charge in [0, 0.05) is 18.2 Å². The van der Waals surface area contributed by atoms with Crippen LogP contribution >= 0.6 is 0 Å². The molecule has 494 valence electrons. The summed E-state index contributed by atoms with van der Waals surface area (Å²) in [6.07, 6.45) is 0. The van der Waals surface area contributed by atoms with Crippen molar-refractivity contribution in [2.45, 2.75) is 26.5 Å². The summed E-state index contributed by atoms with van der Waals surface area (Å²) in [5.74, 6) is 3.29. The van der Waals surface area contributed by atoms with Gasteiger partial charge in [-0.3, -0.25) is 0 Å². The van der Waals surface area contributed by atoms with Crippen LogP contribution in [0, 0.1) is 6.92 Å². The number of aromatic carboxylic acids is 3. The maximum Gasteiger partial charge on any atom is 0.335 e. The molecule has 12 aromatic rings. The zero-order valence-electron chi connectivity index (χ0n) is 52.1. The number of methoxy groups -OCH3 is 1. The number of aryl methyl sites for hydroxylation is 1. The van der Waals surface area contributed by atoms with Crippen LogP contribution in [0.5, 0.6) is 109 Å². The Kier molecular flexibility index (Phi) is 19.3. The van der Waals surface area contributed by atoms with E-state index in [2.05, 4.69) is 0 Å². The summed E-state index contributed by atoms with van der Waals surface area (Å²) < 4.78 is 118. The van der Waals surface area contributed by atoms with Crippen molar-refractivity contribution in [2.24, 2.45) is 0 Å². The van der Waals surface area contributed by atoms with Crippen LogP contribution in [0.2, 0.25) is 0 Å². The molecule has 0 heterocycles. The number of benzene rings is 12. The molecule has 0 bridgehead atoms. The average molecular weight is 1360 g/mol. The van der Waals surface area contributed by atoms with Gasteiger partial charge in [-0.15, -0.1) is 0 Å². The zero-order valence-corrected chi connectivity index (χ0v) is 53.7. The topological polar surface area (TPSA) is 272 Å². The van der Waals surface area contributed by atoms with Crippen LogP contribution in [0.1, 0.15) is 36.6 Å². The Morgan fingerprint density at radius 2 is 0.444 bits per heavy atom. The predicted molar refractivity (Wildman–Crippen MR) is 361 cm³/mol. The molecule has 99 heavy (non-hydrogen) atoms. The van der Waals surface area contributed by atoms with Gasteiger partial charge in [0.25, 0.3) is 0 Å². The number of carbonyl (C=O) groups is 3. The minimum absolute atomic E-state index is 0.0409. The Morgan fingerprint density at radius 3 is 0.737 bits per heavy atom. The van der Waals surface area contributed by atoms with Gasteiger partial charge in [0.05, 0.1) is 43.4 Å². The normalized spacial score (nSPS) is 11.1. The minimum atomic E-state index is -4.31. The Balaban J connectivity index is 0.733. The standard InChI is InChI=1S/C77H54O20S2/c1-48-3-38-67(45-72(48)95-62-30-24-60(25-31-62)92-57-20-16-55(17-21-57)89-52-10-4-49(5-11-52)75(78)79)99(86,87)69-42-44-71(74(47-69)97-64-34-28-59(29-35-64)91-54-14-8-51(9-15-54)77(82)83)94-65-36-39-66(40-37-65)98(84,85)68-41-43-70(88-2)73(46-68)96-63-32-26-61(27-33-63)93-58-22-18-56(19-23-58)90-53-12-6-50(7-13-53)76(80)81/h3-47H,1-2H3,(H,78,79)(H,80,81)(H,82,83). The van der Waals surface area contributed by atoms with Crippen LogP contribution in [0.25, 0.3) is 0 Å². The molecular weight excluding hydrogens is 1310 g/mol. The van der Waals surface area contributed by atoms with Crippen molar-refractivity contribution in [3.8, 4) is 109 Å². The summed E-state index contributed by atoms with van der Waals surface area (Å²) in [6.45, 7) is 1.77. The quantitative estimate of drug-likeness (QED) is 0.0454. The van der Waals surface area contributed by atoms with E-state index in [4.69, 9.17) is 52.5 Å². The van der Waals surface area contributed by atoms with Gasteiger partial charge in [0.1, 0.15) is 86.2 Å². The molecule has 0 aliphatic carbocycles. The van der Waals surface area contributed by atoms with Crippen molar-refractivity contribution in [3.05, 3.63) is 295 Å². The van der Waals surface area contributed by atoms with Crippen molar-refractivity contribution < 1.29 is 93.9 Å². The van der Waals surface area contributed by atoms with E-state index in [9.17, 15) is 41.4 Å². The van der Waals surface area contributed by atoms with Gasteiger partial charge < -0.3 is 62.7 Å². The Labute approximate surface area is 566 Å². The molecule has 12 aromatic carbocycles. The van der Waals surface area contributed by atoms with Crippen LogP contribution in [0.3, 0.4) is 0 Å². The molecule has 20 nitrogen and oxygen atoms in total. The van der Waals surface area contributed by atoms with Gasteiger partial charge in [-0.25, -0.2) is 31.2 Å². The lowest BCUT2D eigenvalue weighted by atomic mass is 10.2. The smallest absolute Gasteiger partial charge is 0.335 e. The number of hydrogen-bond donors (Lipinski definition) is 3. The van der Waals surface area contributed by atoms with Crippen molar-refractivity contribution >= 4 is 37.6 Å². The highest BCUT2D eigenvalue weighted by Gasteiger charge is 2.25. The lowest BCUT2D eigenvalue weighted by molar-refractivity contribution is 0.0686.